The number of nitrogens with one attached hydrogen (secondary N) is 1. The molecule has 2 amide bonds. The molecule has 0 radical (unpaired) electrons. The number of hydrogen-bond acceptors (Lipinski definition) is 5. The van der Waals surface area contributed by atoms with Gasteiger partial charge in [0.05, 0.1) is 11.9 Å². The first-order valence-corrected chi connectivity index (χ1v) is 9.21. The van der Waals surface area contributed by atoms with Crippen LogP contribution in [-0.4, -0.2) is 65.7 Å². The quantitative estimate of drug-likeness (QED) is 0.318. The molecule has 0 saturated carbocycles. The lowest BCUT2D eigenvalue weighted by atomic mass is 10.2. The second kappa shape index (κ2) is 10.8. The Kier molecular flexibility index (Phi) is 8.45. The zero-order valence-electron chi connectivity index (χ0n) is 16.9. The number of rotatable bonds is 6. The van der Waals surface area contributed by atoms with E-state index >= 15 is 0 Å². The zero-order chi connectivity index (χ0) is 20.8. The van der Waals surface area contributed by atoms with Crippen molar-refractivity contribution < 1.29 is 14.3 Å². The van der Waals surface area contributed by atoms with Crippen LogP contribution in [0.3, 0.4) is 0 Å². The number of aromatic nitrogens is 2. The lowest BCUT2D eigenvalue weighted by Crippen LogP contribution is -2.55. The number of nitrogens with zero attached hydrogens (tertiary/aromatic N) is 5. The summed E-state index contributed by atoms with van der Waals surface area (Å²) in [5.74, 6) is 0.684. The maximum absolute atomic E-state index is 12.6. The van der Waals surface area contributed by atoms with E-state index in [2.05, 4.69) is 15.4 Å². The minimum Gasteiger partial charge on any atom is -0.484 e. The average molecular weight is 527 g/mol. The number of carbonyl (C=O) groups excluding carboxylic acids is 2. The van der Waals surface area contributed by atoms with E-state index in [9.17, 15) is 9.59 Å². The third-order valence-electron chi connectivity index (χ3n) is 4.47. The Balaban J connectivity index is 0.00000320. The van der Waals surface area contributed by atoms with Crippen molar-refractivity contribution in [2.45, 2.75) is 6.54 Å². The number of piperazine rings is 1. The number of aryl methyl sites for hydroxylation is 1. The number of nitrogens with two attached hydrogens (primary N) is 1. The number of aliphatic imine (C=N–C) groups is 1. The summed E-state index contributed by atoms with van der Waals surface area (Å²) in [6.07, 6.45) is 3.52. The topological polar surface area (TPSA) is 118 Å². The third kappa shape index (κ3) is 6.08. The van der Waals surface area contributed by atoms with Crippen molar-refractivity contribution in [1.29, 1.82) is 0 Å². The minimum absolute atomic E-state index is 0. The number of amides is 2. The summed E-state index contributed by atoms with van der Waals surface area (Å²) in [6.45, 7) is 1.78. The van der Waals surface area contributed by atoms with Gasteiger partial charge in [-0.05, 0) is 17.7 Å². The summed E-state index contributed by atoms with van der Waals surface area (Å²) < 4.78 is 7.00. The Labute approximate surface area is 192 Å². The number of hydrogen-bond donors (Lipinski definition) is 2. The Bertz CT molecular complexity index is 915. The van der Waals surface area contributed by atoms with E-state index in [1.807, 2.05) is 36.3 Å². The Morgan fingerprint density at radius 3 is 2.80 bits per heavy atom. The smallest absolute Gasteiger partial charge is 0.255 e. The molecule has 1 aromatic heterocycles. The monoisotopic (exact) mass is 527 g/mol. The summed E-state index contributed by atoms with van der Waals surface area (Å²) in [4.78, 5) is 31.4. The summed E-state index contributed by atoms with van der Waals surface area (Å²) in [6, 6.07) is 7.36. The van der Waals surface area contributed by atoms with Crippen molar-refractivity contribution in [3.63, 3.8) is 0 Å². The van der Waals surface area contributed by atoms with Crippen LogP contribution >= 0.6 is 24.0 Å². The van der Waals surface area contributed by atoms with Crippen molar-refractivity contribution in [3.8, 4) is 5.75 Å². The molecule has 0 unspecified atom stereocenters. The highest BCUT2D eigenvalue weighted by Gasteiger charge is 2.27. The van der Waals surface area contributed by atoms with Crippen LogP contribution in [0.1, 0.15) is 5.56 Å². The summed E-state index contributed by atoms with van der Waals surface area (Å²) in [5.41, 5.74) is 6.85. The molecule has 3 rings (SSSR count). The second-order valence-corrected chi connectivity index (χ2v) is 6.64. The van der Waals surface area contributed by atoms with Gasteiger partial charge in [-0.25, -0.2) is 0 Å². The molecule has 30 heavy (non-hydrogen) atoms. The molecule has 3 N–H and O–H groups in total. The van der Waals surface area contributed by atoms with Gasteiger partial charge in [0.1, 0.15) is 12.3 Å². The molecule has 2 aromatic rings. The SMILES string of the molecule is CN=C(NCc1cccc(OCC(N)=O)c1)N1CCN(c2cnn(C)c2)C(=O)C1.I. The normalized spacial score (nSPS) is 14.3. The van der Waals surface area contributed by atoms with Gasteiger partial charge in [0.2, 0.25) is 5.91 Å². The number of benzene rings is 1. The van der Waals surface area contributed by atoms with E-state index in [4.69, 9.17) is 10.5 Å². The Hall–Kier alpha value is -2.83. The number of halogens is 1. The largest absolute Gasteiger partial charge is 0.484 e. The molecule has 1 fully saturated rings. The van der Waals surface area contributed by atoms with Crippen molar-refractivity contribution in [2.24, 2.45) is 17.8 Å². The number of carbonyl (C=O) groups is 2. The molecule has 1 aliphatic heterocycles. The van der Waals surface area contributed by atoms with E-state index in [-0.39, 0.29) is 43.0 Å². The lowest BCUT2D eigenvalue weighted by Gasteiger charge is -2.35. The van der Waals surface area contributed by atoms with Crippen LogP contribution in [0.5, 0.6) is 5.75 Å². The van der Waals surface area contributed by atoms with Gasteiger partial charge in [-0.15, -0.1) is 24.0 Å². The van der Waals surface area contributed by atoms with Crippen LogP contribution in [-0.2, 0) is 23.2 Å². The van der Waals surface area contributed by atoms with Gasteiger partial charge in [0.15, 0.2) is 12.6 Å². The molecule has 162 valence electrons. The number of ether oxygens (including phenoxy) is 1. The van der Waals surface area contributed by atoms with Crippen LogP contribution in [0.4, 0.5) is 5.69 Å². The van der Waals surface area contributed by atoms with E-state index in [1.54, 1.807) is 28.9 Å². The van der Waals surface area contributed by atoms with Crippen LogP contribution in [0.25, 0.3) is 0 Å². The molecule has 0 bridgehead atoms. The summed E-state index contributed by atoms with van der Waals surface area (Å²) >= 11 is 0. The van der Waals surface area contributed by atoms with Crippen molar-refractivity contribution >= 4 is 47.4 Å². The van der Waals surface area contributed by atoms with E-state index in [1.165, 1.54) is 0 Å². The molecule has 1 aliphatic rings. The first-order valence-electron chi connectivity index (χ1n) is 9.21. The van der Waals surface area contributed by atoms with Gasteiger partial charge >= 0.3 is 0 Å². The number of primary amides is 1. The van der Waals surface area contributed by atoms with Gasteiger partial charge in [0, 0.05) is 39.9 Å². The van der Waals surface area contributed by atoms with Crippen LogP contribution < -0.4 is 20.7 Å². The highest BCUT2D eigenvalue weighted by Crippen LogP contribution is 2.16. The fraction of sp³-hybridized carbons (Fsp3) is 0.368. The zero-order valence-corrected chi connectivity index (χ0v) is 19.3. The average Bonchev–Trinajstić information content (AvgIpc) is 3.13. The third-order valence-corrected chi connectivity index (χ3v) is 4.47. The van der Waals surface area contributed by atoms with Gasteiger partial charge < -0.3 is 25.6 Å². The fourth-order valence-electron chi connectivity index (χ4n) is 3.09. The molecule has 1 aromatic carbocycles. The second-order valence-electron chi connectivity index (χ2n) is 6.64. The minimum atomic E-state index is -0.524. The molecule has 1 saturated heterocycles. The predicted molar refractivity (Wildman–Crippen MR) is 124 cm³/mol. The van der Waals surface area contributed by atoms with Crippen LogP contribution in [0.2, 0.25) is 0 Å². The summed E-state index contributed by atoms with van der Waals surface area (Å²) in [5, 5.41) is 7.40. The predicted octanol–water partition coefficient (Wildman–Crippen LogP) is 0.326. The Morgan fingerprint density at radius 2 is 2.17 bits per heavy atom. The van der Waals surface area contributed by atoms with E-state index in [0.29, 0.717) is 31.3 Å². The Morgan fingerprint density at radius 1 is 1.37 bits per heavy atom. The highest BCUT2D eigenvalue weighted by molar-refractivity contribution is 14.0. The molecular formula is C19H26IN7O3. The molecule has 0 aliphatic carbocycles. The lowest BCUT2D eigenvalue weighted by molar-refractivity contribution is -0.120. The van der Waals surface area contributed by atoms with E-state index in [0.717, 1.165) is 11.3 Å². The first-order chi connectivity index (χ1) is 14.0. The van der Waals surface area contributed by atoms with Crippen molar-refractivity contribution in [2.75, 3.05) is 38.2 Å². The number of guanidine groups is 1. The molecular weight excluding hydrogens is 501 g/mol. The molecule has 11 heteroatoms. The van der Waals surface area contributed by atoms with E-state index < -0.39 is 5.91 Å². The van der Waals surface area contributed by atoms with Gasteiger partial charge in [0.25, 0.3) is 5.91 Å². The van der Waals surface area contributed by atoms with Crippen molar-refractivity contribution in [1.82, 2.24) is 20.0 Å². The molecule has 0 atom stereocenters. The van der Waals surface area contributed by atoms with Gasteiger partial charge in [-0.3, -0.25) is 19.3 Å². The molecule has 2 heterocycles. The van der Waals surface area contributed by atoms with Crippen LogP contribution in [0.15, 0.2) is 41.7 Å². The van der Waals surface area contributed by atoms with Crippen molar-refractivity contribution in [3.05, 3.63) is 42.2 Å². The first kappa shape index (κ1) is 23.4. The summed E-state index contributed by atoms with van der Waals surface area (Å²) in [7, 11) is 3.51. The standard InChI is InChI=1S/C19H25N7O3.HI/c1-21-19(22-9-14-4-3-5-16(8-14)29-13-17(20)27)25-6-7-26(18(28)12-25)15-10-23-24(2)11-15;/h3-5,8,10-11H,6-7,9,12-13H2,1-2H3,(H2,20,27)(H,21,22);1H. The highest BCUT2D eigenvalue weighted by atomic mass is 127. The van der Waals surface area contributed by atoms with Gasteiger partial charge in [-0.1, -0.05) is 12.1 Å². The maximum atomic E-state index is 12.6. The molecule has 0 spiro atoms. The maximum Gasteiger partial charge on any atom is 0.255 e. The van der Waals surface area contributed by atoms with Gasteiger partial charge in [-0.2, -0.15) is 5.10 Å². The van der Waals surface area contributed by atoms with Crippen LogP contribution in [0, 0.1) is 0 Å². The number of anilines is 1. The molecule has 10 nitrogen and oxygen atoms in total. The fourth-order valence-corrected chi connectivity index (χ4v) is 3.09.